The quantitative estimate of drug-likeness (QED) is 0.462. The van der Waals surface area contributed by atoms with Gasteiger partial charge in [0, 0.05) is 37.1 Å². The third kappa shape index (κ3) is 6.89. The van der Waals surface area contributed by atoms with Gasteiger partial charge in [-0.1, -0.05) is 19.3 Å². The van der Waals surface area contributed by atoms with E-state index in [-0.39, 0.29) is 41.1 Å². The number of nitrogens with one attached hydrogen (secondary N) is 2. The van der Waals surface area contributed by atoms with Crippen molar-refractivity contribution in [1.29, 1.82) is 0 Å². The maximum absolute atomic E-state index is 13.8. The highest BCUT2D eigenvalue weighted by molar-refractivity contribution is 7.90. The van der Waals surface area contributed by atoms with Gasteiger partial charge in [0.2, 0.25) is 5.91 Å². The van der Waals surface area contributed by atoms with E-state index < -0.39 is 27.2 Å². The third-order valence-electron chi connectivity index (χ3n) is 8.14. The lowest BCUT2D eigenvalue weighted by atomic mass is 9.80. The van der Waals surface area contributed by atoms with Crippen molar-refractivity contribution < 1.29 is 27.2 Å². The molecule has 2 aromatic rings. The molecule has 2 amide bonds. The van der Waals surface area contributed by atoms with Crippen LogP contribution in [0.5, 0.6) is 0 Å². The predicted octanol–water partition coefficient (Wildman–Crippen LogP) is 3.47. The number of piperidine rings is 1. The second-order valence-electron chi connectivity index (χ2n) is 10.9. The van der Waals surface area contributed by atoms with Crippen LogP contribution in [0, 0.1) is 5.82 Å². The van der Waals surface area contributed by atoms with Gasteiger partial charge in [0.25, 0.3) is 5.91 Å². The smallest absolute Gasteiger partial charge is 0.252 e. The zero-order chi connectivity index (χ0) is 29.8. The molecule has 9 nitrogen and oxygen atoms in total. The fraction of sp³-hybridized carbons (Fsp3) is 0.500. The van der Waals surface area contributed by atoms with E-state index in [1.165, 1.54) is 6.07 Å². The molecule has 2 N–H and O–H groups in total. The molecule has 1 atom stereocenters. The van der Waals surface area contributed by atoms with Gasteiger partial charge < -0.3 is 20.4 Å². The summed E-state index contributed by atoms with van der Waals surface area (Å²) in [6.07, 6.45) is 4.71. The minimum atomic E-state index is -3.73. The summed E-state index contributed by atoms with van der Waals surface area (Å²) in [6.45, 7) is 6.01. The van der Waals surface area contributed by atoms with E-state index in [1.54, 1.807) is 17.0 Å². The van der Waals surface area contributed by atoms with E-state index in [4.69, 9.17) is 0 Å². The molecule has 1 unspecified atom stereocenters. The topological polar surface area (TPSA) is 116 Å². The Kier molecular flexibility index (Phi) is 9.36. The number of hydrogen-bond acceptors (Lipinski definition) is 7. The van der Waals surface area contributed by atoms with Gasteiger partial charge in [-0.3, -0.25) is 14.4 Å². The highest BCUT2D eigenvalue weighted by Gasteiger charge is 2.43. The Labute approximate surface area is 241 Å². The van der Waals surface area contributed by atoms with Crippen molar-refractivity contribution in [2.75, 3.05) is 42.2 Å². The minimum absolute atomic E-state index is 0.128. The molecule has 0 spiro atoms. The van der Waals surface area contributed by atoms with Gasteiger partial charge in [-0.15, -0.1) is 0 Å². The predicted molar refractivity (Wildman–Crippen MR) is 157 cm³/mol. The number of anilines is 2. The maximum Gasteiger partial charge on any atom is 0.252 e. The number of ketones is 1. The van der Waals surface area contributed by atoms with E-state index in [2.05, 4.69) is 29.4 Å². The molecule has 222 valence electrons. The maximum atomic E-state index is 13.8. The third-order valence-corrected chi connectivity index (χ3v) is 9.27. The standard InChI is InChI=1S/C30H39FN4O5S/c1-4-34(5-2)23-12-9-21(10-13-23)28(37)33-30(16-7-6-8-17-30)29(38)32-24-15-18-35(20-26(24)36)25-14-11-22(31)19-27(25)41(3,39)40/h9-14,19,24H,4-8,15-18,20H2,1-3H3,(H,32,38)(H,33,37). The van der Waals surface area contributed by atoms with Gasteiger partial charge >= 0.3 is 0 Å². The van der Waals surface area contributed by atoms with Crippen LogP contribution in [-0.4, -0.2) is 70.0 Å². The number of benzene rings is 2. The van der Waals surface area contributed by atoms with Crippen molar-refractivity contribution in [1.82, 2.24) is 10.6 Å². The van der Waals surface area contributed by atoms with Crippen LogP contribution in [-0.2, 0) is 19.4 Å². The first-order chi connectivity index (χ1) is 19.5. The Hall–Kier alpha value is -3.47. The number of nitrogens with zero attached hydrogens (tertiary/aromatic N) is 2. The highest BCUT2D eigenvalue weighted by Crippen LogP contribution is 2.31. The molecule has 2 fully saturated rings. The Balaban J connectivity index is 1.46. The van der Waals surface area contributed by atoms with Gasteiger partial charge in [0.15, 0.2) is 15.6 Å². The van der Waals surface area contributed by atoms with Crippen LogP contribution >= 0.6 is 0 Å². The van der Waals surface area contributed by atoms with Crippen LogP contribution in [0.15, 0.2) is 47.4 Å². The van der Waals surface area contributed by atoms with Crippen LogP contribution < -0.4 is 20.4 Å². The second-order valence-corrected chi connectivity index (χ2v) is 12.9. The molecular weight excluding hydrogens is 547 g/mol. The van der Waals surface area contributed by atoms with Gasteiger partial charge in [0.05, 0.1) is 23.2 Å². The molecule has 4 rings (SSSR count). The molecule has 11 heteroatoms. The van der Waals surface area contributed by atoms with Crippen LogP contribution in [0.2, 0.25) is 0 Å². The van der Waals surface area contributed by atoms with Crippen molar-refractivity contribution in [3.63, 3.8) is 0 Å². The van der Waals surface area contributed by atoms with E-state index in [0.29, 0.717) is 24.9 Å². The molecule has 0 radical (unpaired) electrons. The lowest BCUT2D eigenvalue weighted by Gasteiger charge is -2.39. The number of carbonyl (C=O) groups is 3. The van der Waals surface area contributed by atoms with Crippen LogP contribution in [0.4, 0.5) is 15.8 Å². The summed E-state index contributed by atoms with van der Waals surface area (Å²) in [4.78, 5) is 43.7. The van der Waals surface area contributed by atoms with Crippen LogP contribution in [0.25, 0.3) is 0 Å². The van der Waals surface area contributed by atoms with E-state index in [9.17, 15) is 27.2 Å². The van der Waals surface area contributed by atoms with Crippen LogP contribution in [0.1, 0.15) is 62.7 Å². The first-order valence-corrected chi connectivity index (χ1v) is 16.1. The zero-order valence-corrected chi connectivity index (χ0v) is 24.7. The summed E-state index contributed by atoms with van der Waals surface area (Å²) < 4.78 is 38.3. The summed E-state index contributed by atoms with van der Waals surface area (Å²) in [7, 11) is -3.73. The fourth-order valence-corrected chi connectivity index (χ4v) is 6.69. The fourth-order valence-electron chi connectivity index (χ4n) is 5.79. The van der Waals surface area contributed by atoms with Crippen molar-refractivity contribution in [3.8, 4) is 0 Å². The molecule has 2 aliphatic rings. The Morgan fingerprint density at radius 2 is 1.71 bits per heavy atom. The Bertz CT molecular complexity index is 1390. The number of carbonyl (C=O) groups excluding carboxylic acids is 3. The van der Waals surface area contributed by atoms with Gasteiger partial charge in [0.1, 0.15) is 11.4 Å². The molecule has 1 saturated carbocycles. The molecule has 1 aliphatic carbocycles. The van der Waals surface area contributed by atoms with E-state index in [0.717, 1.165) is 56.4 Å². The first kappa shape index (κ1) is 30.5. The largest absolute Gasteiger partial charge is 0.372 e. The average molecular weight is 587 g/mol. The minimum Gasteiger partial charge on any atom is -0.372 e. The highest BCUT2D eigenvalue weighted by atomic mass is 32.2. The van der Waals surface area contributed by atoms with Crippen molar-refractivity contribution >= 4 is 38.8 Å². The number of rotatable bonds is 9. The summed E-state index contributed by atoms with van der Waals surface area (Å²) in [5.41, 5.74) is 0.620. The molecule has 1 heterocycles. The van der Waals surface area contributed by atoms with Crippen molar-refractivity contribution in [2.45, 2.75) is 68.8 Å². The number of amides is 2. The number of hydrogen-bond donors (Lipinski definition) is 2. The van der Waals surface area contributed by atoms with Gasteiger partial charge in [-0.05, 0) is 75.6 Å². The van der Waals surface area contributed by atoms with E-state index in [1.807, 2.05) is 12.1 Å². The number of sulfone groups is 1. The molecule has 0 aromatic heterocycles. The van der Waals surface area contributed by atoms with Gasteiger partial charge in [-0.2, -0.15) is 0 Å². The number of halogens is 1. The SMILES string of the molecule is CCN(CC)c1ccc(C(=O)NC2(C(=O)NC3CCN(c4ccc(F)cc4S(C)(=O)=O)CC3=O)CCCCC2)cc1. The Morgan fingerprint density at radius 1 is 1.05 bits per heavy atom. The average Bonchev–Trinajstić information content (AvgIpc) is 2.95. The van der Waals surface area contributed by atoms with Crippen molar-refractivity contribution in [3.05, 3.63) is 53.8 Å². The number of Topliss-reactive ketones (excluding diaryl/α,β-unsaturated/α-hetero) is 1. The van der Waals surface area contributed by atoms with Crippen molar-refractivity contribution in [2.24, 2.45) is 0 Å². The lowest BCUT2D eigenvalue weighted by molar-refractivity contribution is -0.133. The summed E-state index contributed by atoms with van der Waals surface area (Å²) in [6, 6.07) is 10.0. The molecule has 41 heavy (non-hydrogen) atoms. The normalized spacial score (nSPS) is 19.0. The van der Waals surface area contributed by atoms with E-state index >= 15 is 0 Å². The molecule has 1 aliphatic heterocycles. The molecule has 1 saturated heterocycles. The van der Waals surface area contributed by atoms with Gasteiger partial charge in [-0.25, -0.2) is 12.8 Å². The monoisotopic (exact) mass is 586 g/mol. The molecule has 2 aromatic carbocycles. The zero-order valence-electron chi connectivity index (χ0n) is 23.9. The molecular formula is C30H39FN4O5S. The summed E-state index contributed by atoms with van der Waals surface area (Å²) >= 11 is 0. The Morgan fingerprint density at radius 3 is 2.29 bits per heavy atom. The molecule has 0 bridgehead atoms. The second kappa shape index (κ2) is 12.6. The summed E-state index contributed by atoms with van der Waals surface area (Å²) in [5.74, 6) is -1.67. The first-order valence-electron chi connectivity index (χ1n) is 14.2. The lowest BCUT2D eigenvalue weighted by Crippen LogP contribution is -2.63. The van der Waals surface area contributed by atoms with Crippen LogP contribution in [0.3, 0.4) is 0 Å². The summed E-state index contributed by atoms with van der Waals surface area (Å²) in [5, 5.41) is 5.89.